The largest absolute Gasteiger partial charge is 0.497 e. The summed E-state index contributed by atoms with van der Waals surface area (Å²) in [5, 5.41) is 5.44. The Morgan fingerprint density at radius 2 is 1.38 bits per heavy atom. The van der Waals surface area contributed by atoms with Gasteiger partial charge in [0, 0.05) is 22.4 Å². The number of hydrogen-bond acceptors (Lipinski definition) is 5. The van der Waals surface area contributed by atoms with Gasteiger partial charge in [0.15, 0.2) is 0 Å². The Balaban J connectivity index is 1.76. The molecular formula is C25H27N3O5S. The average molecular weight is 482 g/mol. The first kappa shape index (κ1) is 24.8. The van der Waals surface area contributed by atoms with Gasteiger partial charge in [-0.3, -0.25) is 14.3 Å². The van der Waals surface area contributed by atoms with Crippen molar-refractivity contribution >= 4 is 38.9 Å². The van der Waals surface area contributed by atoms with Crippen molar-refractivity contribution in [2.45, 2.75) is 25.7 Å². The molecule has 0 spiro atoms. The fraction of sp³-hybridized carbons (Fsp3) is 0.200. The van der Waals surface area contributed by atoms with Gasteiger partial charge in [0.2, 0.25) is 5.91 Å². The van der Waals surface area contributed by atoms with Gasteiger partial charge < -0.3 is 15.4 Å². The standard InChI is InChI=1S/C25H27N3O5S/c1-25(2,3)24(30)26-18-11-13-19(14-12-18)28-34(31,32)22-8-6-5-7-21(22)27-23(29)17-9-15-20(33-4)16-10-17/h5-16,28H,1-4H3,(H,26,30)(H,27,29). The molecule has 0 aliphatic heterocycles. The van der Waals surface area contributed by atoms with Gasteiger partial charge in [-0.1, -0.05) is 32.9 Å². The molecule has 3 N–H and O–H groups in total. The van der Waals surface area contributed by atoms with E-state index < -0.39 is 21.3 Å². The summed E-state index contributed by atoms with van der Waals surface area (Å²) in [6, 6.07) is 18.9. The molecule has 178 valence electrons. The minimum absolute atomic E-state index is 0.0815. The summed E-state index contributed by atoms with van der Waals surface area (Å²) in [4.78, 5) is 24.7. The lowest BCUT2D eigenvalue weighted by Gasteiger charge is -2.18. The Labute approximate surface area is 199 Å². The molecule has 3 aromatic carbocycles. The van der Waals surface area contributed by atoms with Crippen molar-refractivity contribution in [2.75, 3.05) is 22.5 Å². The number of carbonyl (C=O) groups is 2. The van der Waals surface area contributed by atoms with Crippen LogP contribution in [-0.4, -0.2) is 27.3 Å². The predicted molar refractivity (Wildman–Crippen MR) is 133 cm³/mol. The maximum Gasteiger partial charge on any atom is 0.263 e. The summed E-state index contributed by atoms with van der Waals surface area (Å²) in [7, 11) is -2.49. The minimum Gasteiger partial charge on any atom is -0.497 e. The highest BCUT2D eigenvalue weighted by Gasteiger charge is 2.22. The normalized spacial score (nSPS) is 11.4. The van der Waals surface area contributed by atoms with Crippen LogP contribution in [0.3, 0.4) is 0 Å². The lowest BCUT2D eigenvalue weighted by molar-refractivity contribution is -0.123. The molecule has 0 saturated carbocycles. The Kier molecular flexibility index (Phi) is 7.26. The van der Waals surface area contributed by atoms with Gasteiger partial charge in [0.05, 0.1) is 12.8 Å². The molecule has 9 heteroatoms. The third kappa shape index (κ3) is 6.14. The van der Waals surface area contributed by atoms with Gasteiger partial charge in [-0.2, -0.15) is 0 Å². The van der Waals surface area contributed by atoms with Crippen LogP contribution < -0.4 is 20.1 Å². The van der Waals surface area contributed by atoms with Crippen LogP contribution in [0.4, 0.5) is 17.1 Å². The van der Waals surface area contributed by atoms with Gasteiger partial charge in [-0.15, -0.1) is 0 Å². The molecule has 34 heavy (non-hydrogen) atoms. The highest BCUT2D eigenvalue weighted by Crippen LogP contribution is 2.26. The molecule has 3 rings (SSSR count). The molecular weight excluding hydrogens is 454 g/mol. The number of amides is 2. The third-order valence-corrected chi connectivity index (χ3v) is 6.29. The summed E-state index contributed by atoms with van der Waals surface area (Å²) in [5.74, 6) is -0.000626. The molecule has 0 heterocycles. The Hall–Kier alpha value is -3.85. The van der Waals surface area contributed by atoms with Gasteiger partial charge >= 0.3 is 0 Å². The summed E-state index contributed by atoms with van der Waals surface area (Å²) >= 11 is 0. The SMILES string of the molecule is COc1ccc(C(=O)Nc2ccccc2S(=O)(=O)Nc2ccc(NC(=O)C(C)(C)C)cc2)cc1. The number of hydrogen-bond donors (Lipinski definition) is 3. The van der Waals surface area contributed by atoms with Crippen molar-refractivity contribution in [1.82, 2.24) is 0 Å². The Bertz CT molecular complexity index is 1280. The van der Waals surface area contributed by atoms with E-state index in [-0.39, 0.29) is 16.5 Å². The van der Waals surface area contributed by atoms with E-state index in [1.165, 1.54) is 19.2 Å². The summed E-state index contributed by atoms with van der Waals surface area (Å²) in [6.07, 6.45) is 0. The zero-order chi connectivity index (χ0) is 24.9. The van der Waals surface area contributed by atoms with Crippen LogP contribution in [0.15, 0.2) is 77.7 Å². The summed E-state index contributed by atoms with van der Waals surface area (Å²) in [5.41, 5.74) is 0.805. The second-order valence-electron chi connectivity index (χ2n) is 8.57. The van der Waals surface area contributed by atoms with Crippen molar-refractivity contribution in [3.8, 4) is 5.75 Å². The van der Waals surface area contributed by atoms with Crippen LogP contribution in [0.1, 0.15) is 31.1 Å². The molecule has 0 radical (unpaired) electrons. The topological polar surface area (TPSA) is 114 Å². The van der Waals surface area contributed by atoms with E-state index in [1.54, 1.807) is 81.4 Å². The van der Waals surface area contributed by atoms with Gasteiger partial charge in [-0.05, 0) is 60.7 Å². The van der Waals surface area contributed by atoms with E-state index in [2.05, 4.69) is 15.4 Å². The van der Waals surface area contributed by atoms with Crippen LogP contribution in [0, 0.1) is 5.41 Å². The van der Waals surface area contributed by atoms with Crippen molar-refractivity contribution < 1.29 is 22.7 Å². The van der Waals surface area contributed by atoms with E-state index >= 15 is 0 Å². The van der Waals surface area contributed by atoms with Crippen LogP contribution in [-0.2, 0) is 14.8 Å². The highest BCUT2D eigenvalue weighted by atomic mass is 32.2. The van der Waals surface area contributed by atoms with E-state index in [0.29, 0.717) is 22.7 Å². The summed E-state index contributed by atoms with van der Waals surface area (Å²) < 4.78 is 33.7. The maximum absolute atomic E-state index is 13.1. The number of carbonyl (C=O) groups excluding carboxylic acids is 2. The molecule has 0 bridgehead atoms. The monoisotopic (exact) mass is 481 g/mol. The van der Waals surface area contributed by atoms with Crippen molar-refractivity contribution in [2.24, 2.45) is 5.41 Å². The van der Waals surface area contributed by atoms with Crippen molar-refractivity contribution in [3.05, 3.63) is 78.4 Å². The molecule has 0 fully saturated rings. The van der Waals surface area contributed by atoms with Gasteiger partial charge in [-0.25, -0.2) is 8.42 Å². The number of para-hydroxylation sites is 1. The quantitative estimate of drug-likeness (QED) is 0.451. The number of methoxy groups -OCH3 is 1. The van der Waals surface area contributed by atoms with Crippen molar-refractivity contribution in [3.63, 3.8) is 0 Å². The zero-order valence-electron chi connectivity index (χ0n) is 19.4. The number of rotatable bonds is 7. The fourth-order valence-electron chi connectivity index (χ4n) is 2.89. The smallest absolute Gasteiger partial charge is 0.263 e. The first-order chi connectivity index (χ1) is 16.0. The number of nitrogens with one attached hydrogen (secondary N) is 3. The van der Waals surface area contributed by atoms with Gasteiger partial charge in [0.25, 0.3) is 15.9 Å². The van der Waals surface area contributed by atoms with E-state index in [9.17, 15) is 18.0 Å². The molecule has 0 atom stereocenters. The Morgan fingerprint density at radius 3 is 1.97 bits per heavy atom. The van der Waals surface area contributed by atoms with E-state index in [1.807, 2.05) is 0 Å². The molecule has 0 aromatic heterocycles. The molecule has 0 aliphatic carbocycles. The second-order valence-corrected chi connectivity index (χ2v) is 10.2. The van der Waals surface area contributed by atoms with E-state index in [4.69, 9.17) is 4.74 Å². The van der Waals surface area contributed by atoms with Crippen LogP contribution in [0.2, 0.25) is 0 Å². The van der Waals surface area contributed by atoms with Crippen LogP contribution >= 0.6 is 0 Å². The average Bonchev–Trinajstić information content (AvgIpc) is 2.80. The zero-order valence-corrected chi connectivity index (χ0v) is 20.2. The molecule has 2 amide bonds. The first-order valence-electron chi connectivity index (χ1n) is 10.5. The molecule has 8 nitrogen and oxygen atoms in total. The lowest BCUT2D eigenvalue weighted by atomic mass is 9.95. The molecule has 3 aromatic rings. The third-order valence-electron chi connectivity index (χ3n) is 4.85. The number of ether oxygens (including phenoxy) is 1. The minimum atomic E-state index is -4.01. The predicted octanol–water partition coefficient (Wildman–Crippen LogP) is 4.73. The number of anilines is 3. The van der Waals surface area contributed by atoms with Crippen LogP contribution in [0.25, 0.3) is 0 Å². The summed E-state index contributed by atoms with van der Waals surface area (Å²) in [6.45, 7) is 5.40. The lowest BCUT2D eigenvalue weighted by Crippen LogP contribution is -2.27. The molecule has 0 unspecified atom stereocenters. The molecule has 0 aliphatic rings. The van der Waals surface area contributed by atoms with Crippen LogP contribution in [0.5, 0.6) is 5.75 Å². The highest BCUT2D eigenvalue weighted by molar-refractivity contribution is 7.92. The maximum atomic E-state index is 13.1. The van der Waals surface area contributed by atoms with Crippen molar-refractivity contribution in [1.29, 1.82) is 0 Å². The first-order valence-corrected chi connectivity index (χ1v) is 12.0. The number of sulfonamides is 1. The van der Waals surface area contributed by atoms with Gasteiger partial charge in [0.1, 0.15) is 10.6 Å². The number of benzene rings is 3. The fourth-order valence-corrected chi connectivity index (χ4v) is 4.11. The molecule has 0 saturated heterocycles. The van der Waals surface area contributed by atoms with E-state index in [0.717, 1.165) is 0 Å². The second kappa shape index (κ2) is 9.96. The Morgan fingerprint density at radius 1 is 0.794 bits per heavy atom.